The van der Waals surface area contributed by atoms with Crippen LogP contribution in [0, 0.1) is 17.3 Å². The number of hydrogen-bond acceptors (Lipinski definition) is 5. The van der Waals surface area contributed by atoms with Crippen molar-refractivity contribution in [2.24, 2.45) is 17.3 Å². The zero-order chi connectivity index (χ0) is 24.8. The molecule has 1 aliphatic heterocycles. The zero-order valence-corrected chi connectivity index (χ0v) is 21.5. The second kappa shape index (κ2) is 11.7. The third kappa shape index (κ3) is 6.75. The molecule has 0 bridgehead atoms. The van der Waals surface area contributed by atoms with E-state index in [1.807, 2.05) is 13.8 Å². The van der Waals surface area contributed by atoms with Gasteiger partial charge >= 0.3 is 5.97 Å². The number of aromatic nitrogens is 1. The molecule has 2 fully saturated rings. The molecule has 7 heteroatoms. The first kappa shape index (κ1) is 25.9. The highest BCUT2D eigenvalue weighted by atomic mass is 16.5. The molecule has 7 nitrogen and oxygen atoms in total. The summed E-state index contributed by atoms with van der Waals surface area (Å²) >= 11 is 0. The Morgan fingerprint density at radius 3 is 2.71 bits per heavy atom. The van der Waals surface area contributed by atoms with E-state index in [2.05, 4.69) is 22.8 Å². The summed E-state index contributed by atoms with van der Waals surface area (Å²) < 4.78 is 5.96. The maximum atomic E-state index is 12.9. The van der Waals surface area contributed by atoms with Crippen molar-refractivity contribution in [2.45, 2.75) is 103 Å². The van der Waals surface area contributed by atoms with E-state index in [9.17, 15) is 14.7 Å². The molecule has 4 rings (SSSR count). The van der Waals surface area contributed by atoms with Gasteiger partial charge in [0, 0.05) is 30.7 Å². The van der Waals surface area contributed by atoms with Crippen LogP contribution >= 0.6 is 0 Å². The van der Waals surface area contributed by atoms with Gasteiger partial charge in [0.1, 0.15) is 11.9 Å². The number of fused-ring (bicyclic) bond motifs is 1. The lowest BCUT2D eigenvalue weighted by atomic mass is 9.70. The highest BCUT2D eigenvalue weighted by molar-refractivity contribution is 5.87. The van der Waals surface area contributed by atoms with E-state index in [0.29, 0.717) is 24.9 Å². The second-order valence-electron chi connectivity index (χ2n) is 11.4. The minimum atomic E-state index is -0.986. The highest BCUT2D eigenvalue weighted by Gasteiger charge is 2.39. The SMILES string of the molecule is CC(C)(C(=O)N[C@@H](CCOC1CC(CCc2ccc3c(n2)NCCC3)C1)C(=O)O)C1CCCCC1. The molecule has 3 N–H and O–H groups in total. The maximum Gasteiger partial charge on any atom is 0.326 e. The van der Waals surface area contributed by atoms with Gasteiger partial charge in [0.25, 0.3) is 0 Å². The third-order valence-corrected chi connectivity index (χ3v) is 8.53. The molecule has 1 amide bonds. The van der Waals surface area contributed by atoms with Crippen LogP contribution in [0.15, 0.2) is 12.1 Å². The fourth-order valence-corrected chi connectivity index (χ4v) is 5.87. The zero-order valence-electron chi connectivity index (χ0n) is 21.5. The van der Waals surface area contributed by atoms with Gasteiger partial charge in [-0.1, -0.05) is 39.2 Å². The molecule has 0 unspecified atom stereocenters. The van der Waals surface area contributed by atoms with Crippen LogP contribution < -0.4 is 10.6 Å². The van der Waals surface area contributed by atoms with E-state index < -0.39 is 17.4 Å². The van der Waals surface area contributed by atoms with Crippen molar-refractivity contribution in [1.29, 1.82) is 0 Å². The van der Waals surface area contributed by atoms with Crippen LogP contribution in [0.1, 0.15) is 89.3 Å². The van der Waals surface area contributed by atoms with Crippen LogP contribution in [0.5, 0.6) is 0 Å². The minimum Gasteiger partial charge on any atom is -0.480 e. The molecule has 2 heterocycles. The highest BCUT2D eigenvalue weighted by Crippen LogP contribution is 2.38. The Hall–Kier alpha value is -2.15. The number of hydrogen-bond donors (Lipinski definition) is 3. The average molecular weight is 486 g/mol. The van der Waals surface area contributed by atoms with E-state index in [4.69, 9.17) is 9.72 Å². The van der Waals surface area contributed by atoms with Crippen molar-refractivity contribution < 1.29 is 19.4 Å². The molecule has 0 radical (unpaired) electrons. The van der Waals surface area contributed by atoms with Crippen molar-refractivity contribution in [3.63, 3.8) is 0 Å². The lowest BCUT2D eigenvalue weighted by Crippen LogP contribution is -2.49. The smallest absolute Gasteiger partial charge is 0.326 e. The lowest BCUT2D eigenvalue weighted by molar-refractivity contribution is -0.145. The Morgan fingerprint density at radius 2 is 1.97 bits per heavy atom. The summed E-state index contributed by atoms with van der Waals surface area (Å²) in [6.07, 6.45) is 12.5. The van der Waals surface area contributed by atoms with Gasteiger partial charge in [-0.05, 0) is 74.8 Å². The monoisotopic (exact) mass is 485 g/mol. The van der Waals surface area contributed by atoms with Crippen molar-refractivity contribution in [1.82, 2.24) is 10.3 Å². The molecule has 0 saturated heterocycles. The molecular formula is C28H43N3O4. The summed E-state index contributed by atoms with van der Waals surface area (Å²) in [6, 6.07) is 3.48. The fraction of sp³-hybridized carbons (Fsp3) is 0.750. The first-order valence-electron chi connectivity index (χ1n) is 13.7. The molecule has 1 aromatic heterocycles. The fourth-order valence-electron chi connectivity index (χ4n) is 5.87. The second-order valence-corrected chi connectivity index (χ2v) is 11.4. The van der Waals surface area contributed by atoms with E-state index in [1.54, 1.807) is 0 Å². The number of ether oxygens (including phenoxy) is 1. The van der Waals surface area contributed by atoms with Crippen molar-refractivity contribution in [2.75, 3.05) is 18.5 Å². The van der Waals surface area contributed by atoms with Crippen LogP contribution in [0.3, 0.4) is 0 Å². The third-order valence-electron chi connectivity index (χ3n) is 8.53. The molecular weight excluding hydrogens is 442 g/mol. The number of carbonyl (C=O) groups is 2. The summed E-state index contributed by atoms with van der Waals surface area (Å²) in [4.78, 5) is 29.5. The first-order valence-corrected chi connectivity index (χ1v) is 13.7. The standard InChI is InChI=1S/C28H43N3O4/c1-28(2,21-8-4-3-5-9-21)27(34)31-24(26(32)33)14-16-35-23-17-19(18-23)10-12-22-13-11-20-7-6-15-29-25(20)30-22/h11,13,19,21,23-24H,3-10,12,14-18H2,1-2H3,(H,29,30)(H,31,34)(H,32,33)/t19?,23?,24-/m0/s1. The summed E-state index contributed by atoms with van der Waals surface area (Å²) in [7, 11) is 0. The van der Waals surface area contributed by atoms with Crippen molar-refractivity contribution >= 4 is 17.7 Å². The largest absolute Gasteiger partial charge is 0.480 e. The summed E-state index contributed by atoms with van der Waals surface area (Å²) in [6.45, 7) is 5.28. The number of aliphatic carboxylic acids is 1. The molecule has 2 aliphatic carbocycles. The number of carboxylic acids is 1. The van der Waals surface area contributed by atoms with Crippen LogP contribution in [0.4, 0.5) is 5.82 Å². The Morgan fingerprint density at radius 1 is 1.20 bits per heavy atom. The minimum absolute atomic E-state index is 0.147. The number of nitrogens with one attached hydrogen (secondary N) is 2. The van der Waals surface area contributed by atoms with Gasteiger partial charge in [0.15, 0.2) is 0 Å². The number of aryl methyl sites for hydroxylation is 2. The number of amides is 1. The average Bonchev–Trinajstić information content (AvgIpc) is 2.84. The summed E-state index contributed by atoms with van der Waals surface area (Å²) in [5.74, 6) is 0.885. The maximum absolute atomic E-state index is 12.9. The Labute approximate surface area is 209 Å². The first-order chi connectivity index (χ1) is 16.8. The molecule has 1 aromatic rings. The van der Waals surface area contributed by atoms with Crippen LogP contribution in [0.25, 0.3) is 0 Å². The van der Waals surface area contributed by atoms with E-state index in [1.165, 1.54) is 18.4 Å². The molecule has 2 saturated carbocycles. The normalized spacial score (nSPS) is 23.5. The van der Waals surface area contributed by atoms with Gasteiger partial charge in [-0.25, -0.2) is 9.78 Å². The van der Waals surface area contributed by atoms with Crippen molar-refractivity contribution in [3.05, 3.63) is 23.4 Å². The topological polar surface area (TPSA) is 101 Å². The van der Waals surface area contributed by atoms with Crippen LogP contribution in [-0.4, -0.2) is 47.3 Å². The molecule has 0 aromatic carbocycles. The van der Waals surface area contributed by atoms with Gasteiger partial charge in [-0.15, -0.1) is 0 Å². The van der Waals surface area contributed by atoms with Gasteiger partial charge in [-0.2, -0.15) is 0 Å². The predicted octanol–water partition coefficient (Wildman–Crippen LogP) is 4.73. The molecule has 3 aliphatic rings. The van der Waals surface area contributed by atoms with Crippen molar-refractivity contribution in [3.8, 4) is 0 Å². The van der Waals surface area contributed by atoms with Crippen LogP contribution in [0.2, 0.25) is 0 Å². The van der Waals surface area contributed by atoms with E-state index >= 15 is 0 Å². The van der Waals surface area contributed by atoms with Gasteiger partial charge < -0.3 is 20.5 Å². The molecule has 35 heavy (non-hydrogen) atoms. The Bertz CT molecular complexity index is 875. The summed E-state index contributed by atoms with van der Waals surface area (Å²) in [5.41, 5.74) is 1.93. The molecule has 1 atom stereocenters. The Balaban J connectivity index is 1.14. The quantitative estimate of drug-likeness (QED) is 0.419. The predicted molar refractivity (Wildman–Crippen MR) is 136 cm³/mol. The number of pyridine rings is 1. The molecule has 194 valence electrons. The Kier molecular flexibility index (Phi) is 8.68. The molecule has 0 spiro atoms. The number of carbonyl (C=O) groups excluding carboxylic acids is 1. The number of anilines is 1. The van der Waals surface area contributed by atoms with Crippen LogP contribution in [-0.2, 0) is 27.2 Å². The van der Waals surface area contributed by atoms with E-state index in [0.717, 1.165) is 75.8 Å². The number of carboxylic acid groups (broad SMARTS) is 1. The van der Waals surface area contributed by atoms with E-state index in [-0.39, 0.29) is 12.0 Å². The summed E-state index contributed by atoms with van der Waals surface area (Å²) in [5, 5.41) is 15.9. The number of rotatable bonds is 11. The van der Waals surface area contributed by atoms with Gasteiger partial charge in [0.2, 0.25) is 5.91 Å². The van der Waals surface area contributed by atoms with Gasteiger partial charge in [-0.3, -0.25) is 4.79 Å². The number of nitrogens with zero attached hydrogens (tertiary/aromatic N) is 1. The lowest BCUT2D eigenvalue weighted by Gasteiger charge is -2.37. The van der Waals surface area contributed by atoms with Gasteiger partial charge in [0.05, 0.1) is 6.10 Å².